The van der Waals surface area contributed by atoms with E-state index in [1.807, 2.05) is 25.1 Å². The van der Waals surface area contributed by atoms with Crippen LogP contribution in [-0.2, 0) is 15.0 Å². The van der Waals surface area contributed by atoms with Crippen LogP contribution < -0.4 is 5.32 Å². The molecule has 0 aromatic heterocycles. The van der Waals surface area contributed by atoms with Crippen molar-refractivity contribution < 1.29 is 14.7 Å². The van der Waals surface area contributed by atoms with Gasteiger partial charge in [-0.25, -0.2) is 0 Å². The predicted molar refractivity (Wildman–Crippen MR) is 72.0 cm³/mol. The fourth-order valence-electron chi connectivity index (χ4n) is 2.57. The minimum Gasteiger partial charge on any atom is -0.481 e. The van der Waals surface area contributed by atoms with Gasteiger partial charge in [0.25, 0.3) is 0 Å². The number of carbonyl (C=O) groups excluding carboxylic acids is 1. The Morgan fingerprint density at radius 2 is 2.11 bits per heavy atom. The van der Waals surface area contributed by atoms with Crippen LogP contribution in [0.3, 0.4) is 0 Å². The number of aryl methyl sites for hydroxylation is 1. The first-order valence-corrected chi connectivity index (χ1v) is 6.62. The summed E-state index contributed by atoms with van der Waals surface area (Å²) in [4.78, 5) is 22.8. The number of carboxylic acid groups (broad SMARTS) is 1. The lowest BCUT2D eigenvalue weighted by atomic mass is 9.63. The highest BCUT2D eigenvalue weighted by Gasteiger charge is 2.45. The van der Waals surface area contributed by atoms with Crippen LogP contribution in [0.5, 0.6) is 0 Å². The van der Waals surface area contributed by atoms with Crippen molar-refractivity contribution in [1.29, 1.82) is 0 Å². The monoisotopic (exact) mass is 261 g/mol. The van der Waals surface area contributed by atoms with Gasteiger partial charge < -0.3 is 10.4 Å². The third-order valence-corrected chi connectivity index (χ3v) is 3.84. The summed E-state index contributed by atoms with van der Waals surface area (Å²) in [5.74, 6) is -0.927. The van der Waals surface area contributed by atoms with Gasteiger partial charge in [-0.05, 0) is 25.3 Å². The summed E-state index contributed by atoms with van der Waals surface area (Å²) in [7, 11) is 0. The number of hydrogen-bond acceptors (Lipinski definition) is 2. The van der Waals surface area contributed by atoms with E-state index in [0.717, 1.165) is 30.4 Å². The van der Waals surface area contributed by atoms with Crippen molar-refractivity contribution in [3.63, 3.8) is 0 Å². The van der Waals surface area contributed by atoms with E-state index >= 15 is 0 Å². The van der Waals surface area contributed by atoms with Gasteiger partial charge in [0.1, 0.15) is 0 Å². The molecule has 1 aliphatic rings. The molecule has 1 aromatic carbocycles. The number of carboxylic acids is 1. The Bertz CT molecular complexity index is 492. The van der Waals surface area contributed by atoms with Crippen LogP contribution in [0.25, 0.3) is 0 Å². The quantitative estimate of drug-likeness (QED) is 0.852. The summed E-state index contributed by atoms with van der Waals surface area (Å²) >= 11 is 0. The summed E-state index contributed by atoms with van der Waals surface area (Å²) in [6.07, 6.45) is 2.70. The first-order chi connectivity index (χ1) is 9.04. The van der Waals surface area contributed by atoms with Crippen molar-refractivity contribution >= 4 is 11.9 Å². The molecule has 0 saturated heterocycles. The van der Waals surface area contributed by atoms with Gasteiger partial charge >= 0.3 is 5.97 Å². The number of amides is 1. The third kappa shape index (κ3) is 2.78. The number of benzene rings is 1. The van der Waals surface area contributed by atoms with Crippen molar-refractivity contribution in [3.8, 4) is 0 Å². The highest BCUT2D eigenvalue weighted by Crippen LogP contribution is 2.44. The number of nitrogens with one attached hydrogen (secondary N) is 1. The van der Waals surface area contributed by atoms with E-state index in [-0.39, 0.29) is 18.9 Å². The van der Waals surface area contributed by atoms with E-state index in [0.29, 0.717) is 0 Å². The third-order valence-electron chi connectivity index (χ3n) is 3.84. The SMILES string of the molecule is Cc1cccc(C2(C(=O)NCCC(=O)O)CCC2)c1. The number of rotatable bonds is 5. The topological polar surface area (TPSA) is 66.4 Å². The lowest BCUT2D eigenvalue weighted by molar-refractivity contribution is -0.137. The molecular formula is C15H19NO3. The largest absolute Gasteiger partial charge is 0.481 e. The molecule has 4 heteroatoms. The first-order valence-electron chi connectivity index (χ1n) is 6.62. The van der Waals surface area contributed by atoms with Gasteiger partial charge in [-0.15, -0.1) is 0 Å². The molecule has 2 rings (SSSR count). The van der Waals surface area contributed by atoms with Crippen molar-refractivity contribution in [3.05, 3.63) is 35.4 Å². The Balaban J connectivity index is 2.10. The Kier molecular flexibility index (Phi) is 3.88. The second-order valence-electron chi connectivity index (χ2n) is 5.20. The molecule has 1 saturated carbocycles. The molecule has 0 bridgehead atoms. The first kappa shape index (κ1) is 13.6. The fraction of sp³-hybridized carbons (Fsp3) is 0.467. The van der Waals surface area contributed by atoms with E-state index in [2.05, 4.69) is 11.4 Å². The molecule has 19 heavy (non-hydrogen) atoms. The van der Waals surface area contributed by atoms with Crippen LogP contribution in [0.4, 0.5) is 0 Å². The maximum Gasteiger partial charge on any atom is 0.305 e. The summed E-state index contributed by atoms with van der Waals surface area (Å²) in [5, 5.41) is 11.4. The fourth-order valence-corrected chi connectivity index (χ4v) is 2.57. The summed E-state index contributed by atoms with van der Waals surface area (Å²) < 4.78 is 0. The van der Waals surface area contributed by atoms with Gasteiger partial charge in [-0.2, -0.15) is 0 Å². The normalized spacial score (nSPS) is 16.5. The maximum absolute atomic E-state index is 12.3. The smallest absolute Gasteiger partial charge is 0.305 e. The second-order valence-corrected chi connectivity index (χ2v) is 5.20. The Morgan fingerprint density at radius 3 is 2.63 bits per heavy atom. The van der Waals surface area contributed by atoms with Crippen molar-refractivity contribution in [2.75, 3.05) is 6.54 Å². The Hall–Kier alpha value is -1.84. The molecule has 2 N–H and O–H groups in total. The molecule has 4 nitrogen and oxygen atoms in total. The van der Waals surface area contributed by atoms with Crippen LogP contribution in [0, 0.1) is 6.92 Å². The predicted octanol–water partition coefficient (Wildman–Crippen LogP) is 2.01. The van der Waals surface area contributed by atoms with Crippen molar-refractivity contribution in [1.82, 2.24) is 5.32 Å². The van der Waals surface area contributed by atoms with Crippen LogP contribution in [0.15, 0.2) is 24.3 Å². The zero-order valence-electron chi connectivity index (χ0n) is 11.1. The number of aliphatic carboxylic acids is 1. The molecule has 1 amide bonds. The zero-order chi connectivity index (χ0) is 13.9. The molecule has 1 aliphatic carbocycles. The van der Waals surface area contributed by atoms with Gasteiger partial charge in [0.2, 0.25) is 5.91 Å². The van der Waals surface area contributed by atoms with E-state index < -0.39 is 11.4 Å². The summed E-state index contributed by atoms with van der Waals surface area (Å²) in [6.45, 7) is 2.21. The molecule has 1 fully saturated rings. The molecule has 0 radical (unpaired) electrons. The Labute approximate surface area is 112 Å². The standard InChI is InChI=1S/C15H19NO3/c1-11-4-2-5-12(10-11)15(7-3-8-15)14(19)16-9-6-13(17)18/h2,4-5,10H,3,6-9H2,1H3,(H,16,19)(H,17,18). The second kappa shape index (κ2) is 5.43. The van der Waals surface area contributed by atoms with Crippen LogP contribution in [0.2, 0.25) is 0 Å². The molecular weight excluding hydrogens is 242 g/mol. The van der Waals surface area contributed by atoms with Gasteiger partial charge in [0.15, 0.2) is 0 Å². The molecule has 0 aliphatic heterocycles. The Morgan fingerprint density at radius 1 is 1.37 bits per heavy atom. The number of hydrogen-bond donors (Lipinski definition) is 2. The number of carbonyl (C=O) groups is 2. The van der Waals surface area contributed by atoms with Gasteiger partial charge in [0.05, 0.1) is 11.8 Å². The van der Waals surface area contributed by atoms with Crippen LogP contribution >= 0.6 is 0 Å². The van der Waals surface area contributed by atoms with Crippen molar-refractivity contribution in [2.24, 2.45) is 0 Å². The van der Waals surface area contributed by atoms with Crippen LogP contribution in [-0.4, -0.2) is 23.5 Å². The highest BCUT2D eigenvalue weighted by molar-refractivity contribution is 5.89. The highest BCUT2D eigenvalue weighted by atomic mass is 16.4. The average molecular weight is 261 g/mol. The van der Waals surface area contributed by atoms with E-state index in [4.69, 9.17) is 5.11 Å². The van der Waals surface area contributed by atoms with Gasteiger partial charge in [-0.1, -0.05) is 36.2 Å². The molecule has 0 atom stereocenters. The van der Waals surface area contributed by atoms with Gasteiger partial charge in [-0.3, -0.25) is 9.59 Å². The van der Waals surface area contributed by atoms with E-state index in [9.17, 15) is 9.59 Å². The molecule has 102 valence electrons. The van der Waals surface area contributed by atoms with Crippen LogP contribution in [0.1, 0.15) is 36.8 Å². The average Bonchev–Trinajstić information content (AvgIpc) is 2.27. The summed E-state index contributed by atoms with van der Waals surface area (Å²) in [5.41, 5.74) is 1.75. The molecule has 0 unspecified atom stereocenters. The molecule has 0 spiro atoms. The lowest BCUT2D eigenvalue weighted by Crippen LogP contribution is -2.49. The van der Waals surface area contributed by atoms with E-state index in [1.54, 1.807) is 0 Å². The minimum absolute atomic E-state index is 0.0321. The van der Waals surface area contributed by atoms with E-state index in [1.165, 1.54) is 0 Å². The van der Waals surface area contributed by atoms with Gasteiger partial charge in [0, 0.05) is 6.54 Å². The zero-order valence-corrected chi connectivity index (χ0v) is 11.1. The minimum atomic E-state index is -0.890. The summed E-state index contributed by atoms with van der Waals surface area (Å²) in [6, 6.07) is 8.02. The molecule has 1 aromatic rings. The molecule has 0 heterocycles. The lowest BCUT2D eigenvalue weighted by Gasteiger charge is -2.40. The van der Waals surface area contributed by atoms with Crippen molar-refractivity contribution in [2.45, 2.75) is 38.0 Å². The maximum atomic E-state index is 12.3.